The summed E-state index contributed by atoms with van der Waals surface area (Å²) in [6.07, 6.45) is 0.754. The predicted molar refractivity (Wildman–Crippen MR) is 126 cm³/mol. The van der Waals surface area contributed by atoms with E-state index in [4.69, 9.17) is 4.74 Å². The first-order valence-electron chi connectivity index (χ1n) is 11.0. The summed E-state index contributed by atoms with van der Waals surface area (Å²) in [5, 5.41) is 2.22. The van der Waals surface area contributed by atoms with E-state index >= 15 is 0 Å². The van der Waals surface area contributed by atoms with Crippen LogP contribution in [-0.2, 0) is 20.9 Å². The van der Waals surface area contributed by atoms with Gasteiger partial charge in [-0.2, -0.15) is 0 Å². The van der Waals surface area contributed by atoms with Gasteiger partial charge in [-0.1, -0.05) is 18.2 Å². The number of carbonyl (C=O) groups is 3. The molecule has 1 aliphatic rings. The van der Waals surface area contributed by atoms with Crippen molar-refractivity contribution in [2.45, 2.75) is 26.4 Å². The molecule has 0 spiro atoms. The molecule has 7 nitrogen and oxygen atoms in total. The van der Waals surface area contributed by atoms with Crippen LogP contribution < -0.4 is 4.90 Å². The third-order valence-electron chi connectivity index (χ3n) is 5.70. The van der Waals surface area contributed by atoms with Gasteiger partial charge in [-0.15, -0.1) is 11.3 Å². The van der Waals surface area contributed by atoms with Gasteiger partial charge in [0.15, 0.2) is 5.13 Å². The highest BCUT2D eigenvalue weighted by atomic mass is 32.1. The van der Waals surface area contributed by atoms with E-state index in [9.17, 15) is 23.2 Å². The zero-order chi connectivity index (χ0) is 24.9. The molecule has 3 aromatic rings. The Balaban J connectivity index is 1.30. The van der Waals surface area contributed by atoms with Crippen molar-refractivity contribution in [2.75, 3.05) is 18.0 Å². The van der Waals surface area contributed by atoms with Crippen molar-refractivity contribution < 1.29 is 27.9 Å². The number of benzene rings is 2. The fourth-order valence-corrected chi connectivity index (χ4v) is 4.76. The molecule has 35 heavy (non-hydrogen) atoms. The number of esters is 1. The largest absolute Gasteiger partial charge is 0.459 e. The van der Waals surface area contributed by atoms with E-state index in [2.05, 4.69) is 4.98 Å². The molecule has 0 atom stereocenters. The lowest BCUT2D eigenvalue weighted by atomic mass is 9.96. The number of rotatable bonds is 6. The second-order valence-electron chi connectivity index (χ2n) is 8.11. The van der Waals surface area contributed by atoms with Gasteiger partial charge in [0.05, 0.1) is 22.9 Å². The van der Waals surface area contributed by atoms with E-state index < -0.39 is 29.4 Å². The maximum absolute atomic E-state index is 13.9. The molecule has 1 aromatic heterocycles. The lowest BCUT2D eigenvalue weighted by molar-refractivity contribution is -0.151. The van der Waals surface area contributed by atoms with Crippen molar-refractivity contribution in [3.63, 3.8) is 0 Å². The highest BCUT2D eigenvalue weighted by molar-refractivity contribution is 7.14. The van der Waals surface area contributed by atoms with E-state index in [1.54, 1.807) is 5.38 Å². The molecule has 2 amide bonds. The average Bonchev–Trinajstić information content (AvgIpc) is 3.31. The van der Waals surface area contributed by atoms with Gasteiger partial charge in [0.1, 0.15) is 18.2 Å². The molecule has 10 heteroatoms. The first-order valence-corrected chi connectivity index (χ1v) is 11.9. The summed E-state index contributed by atoms with van der Waals surface area (Å²) in [6, 6.07) is 12.0. The maximum Gasteiger partial charge on any atom is 0.309 e. The van der Waals surface area contributed by atoms with E-state index in [1.165, 1.54) is 28.1 Å². The molecule has 0 bridgehead atoms. The van der Waals surface area contributed by atoms with Crippen molar-refractivity contribution in [1.82, 2.24) is 9.88 Å². The molecule has 0 aliphatic carbocycles. The molecule has 1 aliphatic heterocycles. The zero-order valence-electron chi connectivity index (χ0n) is 18.9. The summed E-state index contributed by atoms with van der Waals surface area (Å²) in [5.74, 6) is -3.16. The lowest BCUT2D eigenvalue weighted by Gasteiger charge is -2.31. The molecule has 0 N–H and O–H groups in total. The van der Waals surface area contributed by atoms with Crippen molar-refractivity contribution in [3.05, 3.63) is 76.8 Å². The Morgan fingerprint density at radius 1 is 1.11 bits per heavy atom. The fraction of sp³-hybridized carbons (Fsp3) is 0.280. The summed E-state index contributed by atoms with van der Waals surface area (Å²) < 4.78 is 32.5. The molecule has 2 heterocycles. The molecule has 0 unspecified atom stereocenters. The van der Waals surface area contributed by atoms with Crippen LogP contribution in [0, 0.1) is 17.6 Å². The monoisotopic (exact) mass is 499 g/mol. The standard InChI is InChI=1S/C25H23F2N3O4S/c1-16(31)30(20-5-3-2-4-6-20)25-28-19(15-35-25)14-34-24(33)17-9-11-29(12-10-17)23(32)21-8-7-18(26)13-22(21)27/h2-8,13,15,17H,9-12,14H2,1H3. The lowest BCUT2D eigenvalue weighted by Crippen LogP contribution is -2.41. The zero-order valence-corrected chi connectivity index (χ0v) is 19.8. The van der Waals surface area contributed by atoms with Gasteiger partial charge in [-0.25, -0.2) is 13.8 Å². The van der Waals surface area contributed by atoms with Crippen molar-refractivity contribution in [3.8, 4) is 0 Å². The average molecular weight is 500 g/mol. The van der Waals surface area contributed by atoms with Gasteiger partial charge in [0, 0.05) is 31.5 Å². The molecule has 4 rings (SSSR count). The summed E-state index contributed by atoms with van der Waals surface area (Å²) in [4.78, 5) is 44.7. The molecule has 1 saturated heterocycles. The number of thiazole rings is 1. The van der Waals surface area contributed by atoms with Crippen LogP contribution >= 0.6 is 11.3 Å². The summed E-state index contributed by atoms with van der Waals surface area (Å²) in [5.41, 5.74) is 1.03. The number of amides is 2. The Labute approximate surface area is 204 Å². The van der Waals surface area contributed by atoms with Crippen LogP contribution in [0.5, 0.6) is 0 Å². The number of hydrogen-bond donors (Lipinski definition) is 0. The van der Waals surface area contributed by atoms with Gasteiger partial charge >= 0.3 is 5.97 Å². The number of likely N-dealkylation sites (tertiary alicyclic amines) is 1. The fourth-order valence-electron chi connectivity index (χ4n) is 3.88. The second kappa shape index (κ2) is 10.7. The van der Waals surface area contributed by atoms with Gasteiger partial charge in [-0.05, 0) is 37.1 Å². The highest BCUT2D eigenvalue weighted by Gasteiger charge is 2.30. The number of anilines is 2. The minimum Gasteiger partial charge on any atom is -0.459 e. The van der Waals surface area contributed by atoms with Crippen LogP contribution in [0.2, 0.25) is 0 Å². The van der Waals surface area contributed by atoms with Gasteiger partial charge in [0.25, 0.3) is 5.91 Å². The molecular formula is C25H23F2N3O4S. The first-order chi connectivity index (χ1) is 16.8. The molecule has 1 fully saturated rings. The molecule has 0 radical (unpaired) electrons. The second-order valence-corrected chi connectivity index (χ2v) is 8.95. The van der Waals surface area contributed by atoms with E-state index in [0.717, 1.165) is 12.1 Å². The quantitative estimate of drug-likeness (QED) is 0.460. The summed E-state index contributed by atoms with van der Waals surface area (Å²) in [6.45, 7) is 1.95. The minimum absolute atomic E-state index is 0.0319. The number of aromatic nitrogens is 1. The molecule has 182 valence electrons. The molecular weight excluding hydrogens is 476 g/mol. The number of ether oxygens (including phenoxy) is 1. The third kappa shape index (κ3) is 5.71. The van der Waals surface area contributed by atoms with E-state index in [0.29, 0.717) is 35.4 Å². The van der Waals surface area contributed by atoms with Crippen LogP contribution in [0.15, 0.2) is 53.9 Å². The van der Waals surface area contributed by atoms with Crippen molar-refractivity contribution in [2.24, 2.45) is 5.92 Å². The molecule has 0 saturated carbocycles. The number of hydrogen-bond acceptors (Lipinski definition) is 6. The SMILES string of the molecule is CC(=O)N(c1ccccc1)c1nc(COC(=O)C2CCN(C(=O)c3ccc(F)cc3F)CC2)cs1. The van der Waals surface area contributed by atoms with Crippen LogP contribution in [0.4, 0.5) is 19.6 Å². The minimum atomic E-state index is -0.908. The number of nitrogens with zero attached hydrogens (tertiary/aromatic N) is 3. The number of halogens is 2. The van der Waals surface area contributed by atoms with Crippen LogP contribution in [-0.4, -0.2) is 40.8 Å². The maximum atomic E-state index is 13.9. The van der Waals surface area contributed by atoms with Gasteiger partial charge in [0.2, 0.25) is 5.91 Å². The Bertz CT molecular complexity index is 1230. The number of para-hydroxylation sites is 1. The van der Waals surface area contributed by atoms with Crippen molar-refractivity contribution in [1.29, 1.82) is 0 Å². The highest BCUT2D eigenvalue weighted by Crippen LogP contribution is 2.29. The molecule has 2 aromatic carbocycles. The first kappa shape index (κ1) is 24.5. The number of piperidine rings is 1. The van der Waals surface area contributed by atoms with Crippen LogP contribution in [0.1, 0.15) is 35.8 Å². The number of carbonyl (C=O) groups excluding carboxylic acids is 3. The van der Waals surface area contributed by atoms with Gasteiger partial charge < -0.3 is 9.64 Å². The Hall–Kier alpha value is -3.66. The Morgan fingerprint density at radius 3 is 2.49 bits per heavy atom. The normalized spacial score (nSPS) is 14.0. The summed E-state index contributed by atoms with van der Waals surface area (Å²) in [7, 11) is 0. The van der Waals surface area contributed by atoms with Crippen LogP contribution in [0.3, 0.4) is 0 Å². The summed E-state index contributed by atoms with van der Waals surface area (Å²) >= 11 is 1.28. The van der Waals surface area contributed by atoms with Gasteiger partial charge in [-0.3, -0.25) is 19.3 Å². The Morgan fingerprint density at radius 2 is 1.83 bits per heavy atom. The predicted octanol–water partition coefficient (Wildman–Crippen LogP) is 4.70. The van der Waals surface area contributed by atoms with Crippen molar-refractivity contribution >= 4 is 39.9 Å². The van der Waals surface area contributed by atoms with E-state index in [-0.39, 0.29) is 31.2 Å². The topological polar surface area (TPSA) is 79.8 Å². The smallest absolute Gasteiger partial charge is 0.309 e. The van der Waals surface area contributed by atoms with E-state index in [1.807, 2.05) is 30.3 Å². The van der Waals surface area contributed by atoms with Crippen LogP contribution in [0.25, 0.3) is 0 Å². The Kier molecular flexibility index (Phi) is 7.50. The third-order valence-corrected chi connectivity index (χ3v) is 6.57.